The van der Waals surface area contributed by atoms with E-state index >= 15 is 0 Å². The number of aromatic nitrogens is 2. The Morgan fingerprint density at radius 2 is 2.12 bits per heavy atom. The van der Waals surface area contributed by atoms with E-state index in [4.69, 9.17) is 10.5 Å². The number of ether oxygens (including phenoxy) is 1. The van der Waals surface area contributed by atoms with Gasteiger partial charge in [0.05, 0.1) is 23.9 Å². The average molecular weight is 215 g/mol. The zero-order valence-electron chi connectivity index (χ0n) is 9.10. The van der Waals surface area contributed by atoms with Gasteiger partial charge in [0.15, 0.2) is 0 Å². The second-order valence-corrected chi connectivity index (χ2v) is 4.26. The van der Waals surface area contributed by atoms with E-state index in [0.29, 0.717) is 0 Å². The van der Waals surface area contributed by atoms with Gasteiger partial charge in [-0.25, -0.2) is 9.97 Å². The maximum absolute atomic E-state index is 6.19. The van der Waals surface area contributed by atoms with Crippen LogP contribution in [0.4, 0.5) is 0 Å². The summed E-state index contributed by atoms with van der Waals surface area (Å²) in [6.07, 6.45) is 3.57. The van der Waals surface area contributed by atoms with Crippen LogP contribution in [0.15, 0.2) is 24.5 Å². The minimum atomic E-state index is -0.243. The molecule has 1 aromatic carbocycles. The third-order valence-electron chi connectivity index (χ3n) is 3.10. The molecule has 3 rings (SSSR count). The second-order valence-electron chi connectivity index (χ2n) is 4.26. The molecule has 16 heavy (non-hydrogen) atoms. The van der Waals surface area contributed by atoms with Crippen LogP contribution < -0.4 is 10.5 Å². The van der Waals surface area contributed by atoms with E-state index in [1.54, 1.807) is 13.4 Å². The normalized spacial score (nSPS) is 17.4. The lowest BCUT2D eigenvalue weighted by atomic mass is 10.1. The summed E-state index contributed by atoms with van der Waals surface area (Å²) < 4.78 is 5.21. The van der Waals surface area contributed by atoms with E-state index in [1.165, 1.54) is 0 Å². The summed E-state index contributed by atoms with van der Waals surface area (Å²) >= 11 is 0. The number of benzene rings is 1. The highest BCUT2D eigenvalue weighted by Crippen LogP contribution is 2.44. The summed E-state index contributed by atoms with van der Waals surface area (Å²) in [5.41, 5.74) is 7.81. The van der Waals surface area contributed by atoms with Crippen molar-refractivity contribution in [3.8, 4) is 5.75 Å². The molecule has 0 atom stereocenters. The fourth-order valence-corrected chi connectivity index (χ4v) is 1.93. The number of rotatable bonds is 2. The van der Waals surface area contributed by atoms with Gasteiger partial charge in [-0.2, -0.15) is 0 Å². The van der Waals surface area contributed by atoms with Crippen molar-refractivity contribution in [2.24, 2.45) is 5.73 Å². The Hall–Kier alpha value is -1.68. The molecule has 4 heteroatoms. The molecule has 0 unspecified atom stereocenters. The van der Waals surface area contributed by atoms with Gasteiger partial charge in [0.1, 0.15) is 12.1 Å². The molecule has 1 fully saturated rings. The number of nitrogens with zero attached hydrogens (tertiary/aromatic N) is 2. The molecule has 0 radical (unpaired) electrons. The Morgan fingerprint density at radius 1 is 1.31 bits per heavy atom. The van der Waals surface area contributed by atoms with Crippen LogP contribution in [0.25, 0.3) is 10.9 Å². The maximum atomic E-state index is 6.19. The molecule has 2 N–H and O–H groups in total. The Balaban J connectivity index is 2.27. The number of hydrogen-bond donors (Lipinski definition) is 1. The largest absolute Gasteiger partial charge is 0.497 e. The smallest absolute Gasteiger partial charge is 0.119 e. The summed E-state index contributed by atoms with van der Waals surface area (Å²) in [5, 5.41) is 1.00. The summed E-state index contributed by atoms with van der Waals surface area (Å²) in [6, 6.07) is 5.79. The predicted molar refractivity (Wildman–Crippen MR) is 61.2 cm³/mol. The van der Waals surface area contributed by atoms with Crippen molar-refractivity contribution in [2.75, 3.05) is 7.11 Å². The topological polar surface area (TPSA) is 61.0 Å². The summed E-state index contributed by atoms with van der Waals surface area (Å²) in [6.45, 7) is 0. The lowest BCUT2D eigenvalue weighted by Gasteiger charge is -2.11. The quantitative estimate of drug-likeness (QED) is 0.826. The van der Waals surface area contributed by atoms with Crippen LogP contribution in [0.3, 0.4) is 0 Å². The Bertz CT molecular complexity index is 549. The molecule has 1 aliphatic carbocycles. The highest BCUT2D eigenvalue weighted by atomic mass is 16.5. The van der Waals surface area contributed by atoms with Crippen molar-refractivity contribution in [3.63, 3.8) is 0 Å². The molecular formula is C12H13N3O. The van der Waals surface area contributed by atoms with Crippen LogP contribution in [-0.2, 0) is 5.54 Å². The summed E-state index contributed by atoms with van der Waals surface area (Å²) in [5.74, 6) is 0.813. The van der Waals surface area contributed by atoms with Crippen LogP contribution in [0, 0.1) is 0 Å². The van der Waals surface area contributed by atoms with E-state index in [0.717, 1.165) is 35.2 Å². The molecule has 0 saturated heterocycles. The first kappa shape index (κ1) is 9.54. The van der Waals surface area contributed by atoms with Crippen molar-refractivity contribution < 1.29 is 4.74 Å². The molecule has 1 heterocycles. The number of nitrogens with two attached hydrogens (primary N) is 1. The van der Waals surface area contributed by atoms with E-state index in [2.05, 4.69) is 9.97 Å². The van der Waals surface area contributed by atoms with Crippen molar-refractivity contribution >= 4 is 10.9 Å². The molecule has 0 spiro atoms. The first-order valence-corrected chi connectivity index (χ1v) is 5.31. The monoisotopic (exact) mass is 215 g/mol. The van der Waals surface area contributed by atoms with Crippen molar-refractivity contribution in [1.29, 1.82) is 0 Å². The minimum absolute atomic E-state index is 0.243. The van der Waals surface area contributed by atoms with E-state index in [-0.39, 0.29) is 5.54 Å². The zero-order chi connectivity index (χ0) is 11.2. The first-order chi connectivity index (χ1) is 7.73. The highest BCUT2D eigenvalue weighted by Gasteiger charge is 2.42. The van der Waals surface area contributed by atoms with E-state index in [9.17, 15) is 0 Å². The molecular weight excluding hydrogens is 202 g/mol. The standard InChI is InChI=1S/C12H13N3O/c1-16-8-2-3-10-9(6-8)11(15-7-14-10)12(13)4-5-12/h2-3,6-7H,4-5,13H2,1H3. The summed E-state index contributed by atoms with van der Waals surface area (Å²) in [4.78, 5) is 8.56. The van der Waals surface area contributed by atoms with Gasteiger partial charge < -0.3 is 10.5 Å². The Labute approximate surface area is 93.5 Å². The van der Waals surface area contributed by atoms with Crippen LogP contribution in [0.1, 0.15) is 18.5 Å². The molecule has 1 saturated carbocycles. The van der Waals surface area contributed by atoms with Gasteiger partial charge in [0.2, 0.25) is 0 Å². The van der Waals surface area contributed by atoms with Gasteiger partial charge in [-0.3, -0.25) is 0 Å². The zero-order valence-corrected chi connectivity index (χ0v) is 9.10. The first-order valence-electron chi connectivity index (χ1n) is 5.31. The van der Waals surface area contributed by atoms with E-state index in [1.807, 2.05) is 18.2 Å². The third-order valence-corrected chi connectivity index (χ3v) is 3.10. The molecule has 2 aromatic rings. The van der Waals surface area contributed by atoms with Gasteiger partial charge in [-0.15, -0.1) is 0 Å². The Kier molecular flexibility index (Phi) is 1.88. The van der Waals surface area contributed by atoms with Crippen LogP contribution in [0.5, 0.6) is 5.75 Å². The van der Waals surface area contributed by atoms with Crippen LogP contribution >= 0.6 is 0 Å². The lowest BCUT2D eigenvalue weighted by Crippen LogP contribution is -2.20. The highest BCUT2D eigenvalue weighted by molar-refractivity contribution is 5.83. The third kappa shape index (κ3) is 1.34. The van der Waals surface area contributed by atoms with Crippen LogP contribution in [-0.4, -0.2) is 17.1 Å². The second kappa shape index (κ2) is 3.15. The van der Waals surface area contributed by atoms with E-state index < -0.39 is 0 Å². The average Bonchev–Trinajstić information content (AvgIpc) is 3.07. The molecule has 0 aliphatic heterocycles. The van der Waals surface area contributed by atoms with Gasteiger partial charge in [-0.05, 0) is 31.0 Å². The molecule has 0 amide bonds. The fourth-order valence-electron chi connectivity index (χ4n) is 1.93. The number of methoxy groups -OCH3 is 1. The number of hydrogen-bond acceptors (Lipinski definition) is 4. The van der Waals surface area contributed by atoms with Gasteiger partial charge >= 0.3 is 0 Å². The minimum Gasteiger partial charge on any atom is -0.497 e. The van der Waals surface area contributed by atoms with Gasteiger partial charge in [0, 0.05) is 5.39 Å². The molecule has 82 valence electrons. The molecule has 4 nitrogen and oxygen atoms in total. The Morgan fingerprint density at radius 3 is 2.81 bits per heavy atom. The summed E-state index contributed by atoms with van der Waals surface area (Å²) in [7, 11) is 1.65. The number of fused-ring (bicyclic) bond motifs is 1. The van der Waals surface area contributed by atoms with Gasteiger partial charge in [0.25, 0.3) is 0 Å². The predicted octanol–water partition coefficient (Wildman–Crippen LogP) is 1.59. The van der Waals surface area contributed by atoms with Crippen molar-refractivity contribution in [2.45, 2.75) is 18.4 Å². The van der Waals surface area contributed by atoms with Crippen molar-refractivity contribution in [3.05, 3.63) is 30.2 Å². The van der Waals surface area contributed by atoms with Gasteiger partial charge in [-0.1, -0.05) is 0 Å². The van der Waals surface area contributed by atoms with Crippen molar-refractivity contribution in [1.82, 2.24) is 9.97 Å². The lowest BCUT2D eigenvalue weighted by molar-refractivity contribution is 0.415. The molecule has 1 aromatic heterocycles. The SMILES string of the molecule is COc1ccc2ncnc(C3(N)CC3)c2c1. The maximum Gasteiger partial charge on any atom is 0.119 e. The fraction of sp³-hybridized carbons (Fsp3) is 0.333. The molecule has 0 bridgehead atoms. The molecule has 1 aliphatic rings. The van der Waals surface area contributed by atoms with Crippen LogP contribution in [0.2, 0.25) is 0 Å².